The SMILES string of the molecule is CNS(=O)(=O)Cc1ccccc1CNC(=O)c1cn2ccc(C)cc2n1. The van der Waals surface area contributed by atoms with Gasteiger partial charge in [0, 0.05) is 18.9 Å². The van der Waals surface area contributed by atoms with E-state index in [9.17, 15) is 13.2 Å². The molecule has 0 fully saturated rings. The Morgan fingerprint density at radius 1 is 1.19 bits per heavy atom. The van der Waals surface area contributed by atoms with E-state index in [4.69, 9.17) is 0 Å². The summed E-state index contributed by atoms with van der Waals surface area (Å²) in [5, 5.41) is 2.80. The predicted octanol–water partition coefficient (Wildman–Crippen LogP) is 1.62. The first-order valence-corrected chi connectivity index (χ1v) is 9.75. The lowest BCUT2D eigenvalue weighted by molar-refractivity contribution is 0.0946. The zero-order valence-corrected chi connectivity index (χ0v) is 15.4. The van der Waals surface area contributed by atoms with Gasteiger partial charge in [-0.1, -0.05) is 24.3 Å². The number of hydrogen-bond acceptors (Lipinski definition) is 4. The Balaban J connectivity index is 1.75. The molecule has 0 aliphatic carbocycles. The number of nitrogens with one attached hydrogen (secondary N) is 2. The average molecular weight is 372 g/mol. The van der Waals surface area contributed by atoms with Gasteiger partial charge in [0.05, 0.1) is 5.75 Å². The van der Waals surface area contributed by atoms with Crippen LogP contribution in [0.3, 0.4) is 0 Å². The molecule has 2 N–H and O–H groups in total. The number of benzene rings is 1. The van der Waals surface area contributed by atoms with Crippen LogP contribution in [0.2, 0.25) is 0 Å². The van der Waals surface area contributed by atoms with Gasteiger partial charge < -0.3 is 9.72 Å². The van der Waals surface area contributed by atoms with E-state index in [1.54, 1.807) is 28.8 Å². The molecule has 7 nitrogen and oxygen atoms in total. The second kappa shape index (κ2) is 7.27. The van der Waals surface area contributed by atoms with Gasteiger partial charge in [0.25, 0.3) is 5.91 Å². The van der Waals surface area contributed by atoms with Crippen molar-refractivity contribution in [1.82, 2.24) is 19.4 Å². The first-order chi connectivity index (χ1) is 12.4. The molecule has 8 heteroatoms. The number of carbonyl (C=O) groups is 1. The van der Waals surface area contributed by atoms with E-state index in [0.717, 1.165) is 11.1 Å². The highest BCUT2D eigenvalue weighted by Crippen LogP contribution is 2.13. The molecule has 0 saturated heterocycles. The molecule has 26 heavy (non-hydrogen) atoms. The fourth-order valence-corrected chi connectivity index (χ4v) is 3.44. The van der Waals surface area contributed by atoms with Crippen LogP contribution in [-0.4, -0.2) is 30.8 Å². The lowest BCUT2D eigenvalue weighted by Crippen LogP contribution is -2.25. The molecule has 0 bridgehead atoms. The third-order valence-corrected chi connectivity index (χ3v) is 5.38. The third kappa shape index (κ3) is 4.09. The molecule has 0 spiro atoms. The molecule has 1 amide bonds. The summed E-state index contributed by atoms with van der Waals surface area (Å²) in [6, 6.07) is 11.0. The summed E-state index contributed by atoms with van der Waals surface area (Å²) in [4.78, 5) is 16.7. The van der Waals surface area contributed by atoms with E-state index in [1.807, 2.05) is 31.3 Å². The topological polar surface area (TPSA) is 92.6 Å². The van der Waals surface area contributed by atoms with E-state index < -0.39 is 10.0 Å². The molecular weight excluding hydrogens is 352 g/mol. The first-order valence-electron chi connectivity index (χ1n) is 8.09. The Hall–Kier alpha value is -2.71. The van der Waals surface area contributed by atoms with Crippen molar-refractivity contribution in [2.24, 2.45) is 0 Å². The van der Waals surface area contributed by atoms with Gasteiger partial charge in [0.2, 0.25) is 10.0 Å². The summed E-state index contributed by atoms with van der Waals surface area (Å²) >= 11 is 0. The maximum Gasteiger partial charge on any atom is 0.271 e. The second-order valence-corrected chi connectivity index (χ2v) is 7.94. The smallest absolute Gasteiger partial charge is 0.271 e. The van der Waals surface area contributed by atoms with Gasteiger partial charge in [-0.25, -0.2) is 18.1 Å². The fourth-order valence-electron chi connectivity index (χ4n) is 2.61. The number of aromatic nitrogens is 2. The van der Waals surface area contributed by atoms with Crippen LogP contribution >= 0.6 is 0 Å². The molecule has 136 valence electrons. The van der Waals surface area contributed by atoms with Gasteiger partial charge in [-0.05, 0) is 42.8 Å². The Bertz CT molecular complexity index is 1060. The summed E-state index contributed by atoms with van der Waals surface area (Å²) in [6.45, 7) is 2.19. The Labute approximate surface area is 152 Å². The summed E-state index contributed by atoms with van der Waals surface area (Å²) in [5.74, 6) is -0.443. The van der Waals surface area contributed by atoms with E-state index >= 15 is 0 Å². The number of aryl methyl sites for hydroxylation is 1. The normalized spacial score (nSPS) is 11.6. The van der Waals surface area contributed by atoms with Crippen LogP contribution in [0.1, 0.15) is 27.2 Å². The first kappa shape index (κ1) is 18.1. The quantitative estimate of drug-likeness (QED) is 0.688. The molecule has 3 rings (SSSR count). The minimum absolute atomic E-state index is 0.136. The van der Waals surface area contributed by atoms with Crippen molar-refractivity contribution >= 4 is 21.6 Å². The van der Waals surface area contributed by atoms with Crippen molar-refractivity contribution in [1.29, 1.82) is 0 Å². The lowest BCUT2D eigenvalue weighted by Gasteiger charge is -2.10. The van der Waals surface area contributed by atoms with Crippen molar-refractivity contribution in [2.75, 3.05) is 7.05 Å². The summed E-state index contributed by atoms with van der Waals surface area (Å²) < 4.78 is 27.7. The Morgan fingerprint density at radius 3 is 2.65 bits per heavy atom. The van der Waals surface area contributed by atoms with Gasteiger partial charge in [0.15, 0.2) is 0 Å². The highest BCUT2D eigenvalue weighted by Gasteiger charge is 2.14. The lowest BCUT2D eigenvalue weighted by atomic mass is 10.1. The van der Waals surface area contributed by atoms with Crippen molar-refractivity contribution in [2.45, 2.75) is 19.2 Å². The fraction of sp³-hybridized carbons (Fsp3) is 0.222. The number of amides is 1. The average Bonchev–Trinajstić information content (AvgIpc) is 3.03. The van der Waals surface area contributed by atoms with E-state index in [-0.39, 0.29) is 18.2 Å². The number of sulfonamides is 1. The maximum absolute atomic E-state index is 12.4. The van der Waals surface area contributed by atoms with Crippen LogP contribution in [-0.2, 0) is 22.3 Å². The molecule has 0 unspecified atom stereocenters. The third-order valence-electron chi connectivity index (χ3n) is 4.06. The summed E-state index contributed by atoms with van der Waals surface area (Å²) in [7, 11) is -2.01. The van der Waals surface area contributed by atoms with Crippen molar-refractivity contribution in [3.8, 4) is 0 Å². The van der Waals surface area contributed by atoms with Gasteiger partial charge in [0.1, 0.15) is 11.3 Å². The molecule has 0 aliphatic rings. The van der Waals surface area contributed by atoms with Crippen LogP contribution < -0.4 is 10.0 Å². The Kier molecular flexibility index (Phi) is 5.06. The number of carbonyl (C=O) groups excluding carboxylic acids is 1. The molecular formula is C18H20N4O3S. The van der Waals surface area contributed by atoms with Gasteiger partial charge in [-0.15, -0.1) is 0 Å². The number of pyridine rings is 1. The molecule has 0 radical (unpaired) electrons. The van der Waals surface area contributed by atoms with Crippen LogP contribution in [0.4, 0.5) is 0 Å². The molecule has 2 aromatic heterocycles. The predicted molar refractivity (Wildman–Crippen MR) is 99.2 cm³/mol. The van der Waals surface area contributed by atoms with E-state index in [0.29, 0.717) is 16.9 Å². The molecule has 0 aliphatic heterocycles. The van der Waals surface area contributed by atoms with Crippen LogP contribution in [0.5, 0.6) is 0 Å². The minimum atomic E-state index is -3.39. The number of rotatable bonds is 6. The Morgan fingerprint density at radius 2 is 1.92 bits per heavy atom. The largest absolute Gasteiger partial charge is 0.347 e. The molecule has 0 atom stereocenters. The van der Waals surface area contributed by atoms with Gasteiger partial charge in [-0.2, -0.15) is 0 Å². The summed E-state index contributed by atoms with van der Waals surface area (Å²) in [5.41, 5.74) is 3.48. The van der Waals surface area contributed by atoms with E-state index in [2.05, 4.69) is 15.0 Å². The van der Waals surface area contributed by atoms with Crippen LogP contribution in [0.15, 0.2) is 48.8 Å². The highest BCUT2D eigenvalue weighted by molar-refractivity contribution is 7.88. The number of imidazole rings is 1. The van der Waals surface area contributed by atoms with Crippen molar-refractivity contribution in [3.05, 3.63) is 71.2 Å². The van der Waals surface area contributed by atoms with Gasteiger partial charge in [-0.3, -0.25) is 4.79 Å². The number of fused-ring (bicyclic) bond motifs is 1. The standard InChI is InChI=1S/C18H20N4O3S/c1-13-7-8-22-11-16(21-17(22)9-13)18(23)20-10-14-5-3-4-6-15(14)12-26(24,25)19-2/h3-9,11,19H,10,12H2,1-2H3,(H,20,23). The van der Waals surface area contributed by atoms with Crippen LogP contribution in [0, 0.1) is 6.92 Å². The van der Waals surface area contributed by atoms with Gasteiger partial charge >= 0.3 is 0 Å². The highest BCUT2D eigenvalue weighted by atomic mass is 32.2. The van der Waals surface area contributed by atoms with Crippen molar-refractivity contribution in [3.63, 3.8) is 0 Å². The van der Waals surface area contributed by atoms with E-state index in [1.165, 1.54) is 7.05 Å². The monoisotopic (exact) mass is 372 g/mol. The minimum Gasteiger partial charge on any atom is -0.347 e. The molecule has 3 aromatic rings. The van der Waals surface area contributed by atoms with Crippen LogP contribution in [0.25, 0.3) is 5.65 Å². The number of hydrogen-bond donors (Lipinski definition) is 2. The van der Waals surface area contributed by atoms with Crippen molar-refractivity contribution < 1.29 is 13.2 Å². The second-order valence-electron chi connectivity index (χ2n) is 6.01. The summed E-state index contributed by atoms with van der Waals surface area (Å²) in [6.07, 6.45) is 3.52. The maximum atomic E-state index is 12.4. The number of nitrogens with zero attached hydrogens (tertiary/aromatic N) is 2. The zero-order chi connectivity index (χ0) is 18.7. The molecule has 0 saturated carbocycles. The molecule has 1 aromatic carbocycles. The molecule has 2 heterocycles. The zero-order valence-electron chi connectivity index (χ0n) is 14.6.